The van der Waals surface area contributed by atoms with Crippen LogP contribution in [-0.4, -0.2) is 88.4 Å². The Kier molecular flexibility index (Phi) is 14.9. The van der Waals surface area contributed by atoms with Crippen LogP contribution in [0.1, 0.15) is 64.4 Å². The third kappa shape index (κ3) is 13.3. The van der Waals surface area contributed by atoms with Crippen molar-refractivity contribution in [2.75, 3.05) is 6.54 Å². The van der Waals surface area contributed by atoms with Crippen LogP contribution in [0.2, 0.25) is 0 Å². The van der Waals surface area contributed by atoms with Gasteiger partial charge in [0.25, 0.3) is 0 Å². The molecule has 0 aliphatic carbocycles. The summed E-state index contributed by atoms with van der Waals surface area (Å²) in [4.78, 5) is 87.2. The second-order valence-electron chi connectivity index (χ2n) is 11.5. The van der Waals surface area contributed by atoms with E-state index in [0.29, 0.717) is 18.5 Å². The van der Waals surface area contributed by atoms with Gasteiger partial charge in [0.2, 0.25) is 29.5 Å². The lowest BCUT2D eigenvalue weighted by molar-refractivity contribution is -0.143. The Bertz CT molecular complexity index is 1200. The van der Waals surface area contributed by atoms with Crippen molar-refractivity contribution < 1.29 is 43.8 Å². The standard InChI is InChI=1S/C30H44N6O9/c1-17(2)15-22(35-26(40)19-9-6-14-32-19)28(42)36-23(16-18-7-4-3-5-8-18)29(43)33-20(11-13-25(38)39)27(41)34-21(30(44)45)10-12-24(31)37/h3-5,7-8,17,19-23,32H,6,9-16H2,1-2H3,(H2,31,37)(H,33,43)(H,34,41)(H,35,40)(H,36,42)(H,38,39)(H,44,45)/t19-,20-,21-,22-,23-/m0/s1. The van der Waals surface area contributed by atoms with Crippen molar-refractivity contribution in [3.05, 3.63) is 35.9 Å². The first-order chi connectivity index (χ1) is 21.3. The maximum atomic E-state index is 13.6. The summed E-state index contributed by atoms with van der Waals surface area (Å²) in [5, 5.41) is 31.9. The van der Waals surface area contributed by atoms with Crippen LogP contribution in [0.15, 0.2) is 30.3 Å². The normalized spacial score (nSPS) is 16.9. The Hall–Kier alpha value is -4.53. The van der Waals surface area contributed by atoms with Crippen LogP contribution in [0.3, 0.4) is 0 Å². The van der Waals surface area contributed by atoms with Crippen LogP contribution in [-0.2, 0) is 40.0 Å². The van der Waals surface area contributed by atoms with Gasteiger partial charge < -0.3 is 42.5 Å². The van der Waals surface area contributed by atoms with E-state index < -0.39 is 72.2 Å². The molecular weight excluding hydrogens is 588 g/mol. The summed E-state index contributed by atoms with van der Waals surface area (Å²) in [5.41, 5.74) is 5.76. The first-order valence-corrected chi connectivity index (χ1v) is 15.0. The number of hydrogen-bond acceptors (Lipinski definition) is 8. The molecule has 0 bridgehead atoms. The summed E-state index contributed by atoms with van der Waals surface area (Å²) in [5.74, 6) is -6.23. The molecule has 1 aromatic carbocycles. The van der Waals surface area contributed by atoms with E-state index in [2.05, 4.69) is 26.6 Å². The third-order valence-electron chi connectivity index (χ3n) is 7.21. The quantitative estimate of drug-likeness (QED) is 0.0941. The van der Waals surface area contributed by atoms with Crippen molar-refractivity contribution >= 4 is 41.5 Å². The van der Waals surface area contributed by atoms with Gasteiger partial charge in [-0.05, 0) is 50.1 Å². The van der Waals surface area contributed by atoms with Crippen LogP contribution >= 0.6 is 0 Å². The zero-order valence-corrected chi connectivity index (χ0v) is 25.5. The molecule has 5 amide bonds. The summed E-state index contributed by atoms with van der Waals surface area (Å²) in [7, 11) is 0. The molecule has 15 nitrogen and oxygen atoms in total. The van der Waals surface area contributed by atoms with Gasteiger partial charge in [0, 0.05) is 19.3 Å². The van der Waals surface area contributed by atoms with Crippen molar-refractivity contribution in [1.29, 1.82) is 0 Å². The van der Waals surface area contributed by atoms with E-state index in [-0.39, 0.29) is 43.9 Å². The molecule has 15 heteroatoms. The number of carbonyl (C=O) groups excluding carboxylic acids is 5. The fourth-order valence-electron chi connectivity index (χ4n) is 4.84. The average molecular weight is 633 g/mol. The fourth-order valence-corrected chi connectivity index (χ4v) is 4.84. The lowest BCUT2D eigenvalue weighted by atomic mass is 10.00. The molecule has 1 aliphatic rings. The zero-order chi connectivity index (χ0) is 33.5. The highest BCUT2D eigenvalue weighted by Gasteiger charge is 2.33. The van der Waals surface area contributed by atoms with Gasteiger partial charge >= 0.3 is 11.9 Å². The highest BCUT2D eigenvalue weighted by Crippen LogP contribution is 2.11. The molecule has 9 N–H and O–H groups in total. The van der Waals surface area contributed by atoms with Gasteiger partial charge in [-0.25, -0.2) is 4.79 Å². The molecule has 5 atom stereocenters. The summed E-state index contributed by atoms with van der Waals surface area (Å²) >= 11 is 0. The average Bonchev–Trinajstić information content (AvgIpc) is 3.52. The molecule has 0 aromatic heterocycles. The van der Waals surface area contributed by atoms with E-state index in [4.69, 9.17) is 5.73 Å². The van der Waals surface area contributed by atoms with Crippen molar-refractivity contribution in [1.82, 2.24) is 26.6 Å². The Morgan fingerprint density at radius 3 is 1.96 bits per heavy atom. The van der Waals surface area contributed by atoms with Crippen molar-refractivity contribution in [2.24, 2.45) is 11.7 Å². The number of nitrogens with one attached hydrogen (secondary N) is 5. The van der Waals surface area contributed by atoms with Gasteiger partial charge in [-0.15, -0.1) is 0 Å². The smallest absolute Gasteiger partial charge is 0.326 e. The molecule has 1 aliphatic heterocycles. The van der Waals surface area contributed by atoms with E-state index in [0.717, 1.165) is 6.42 Å². The molecule has 0 unspecified atom stereocenters. The van der Waals surface area contributed by atoms with Gasteiger partial charge in [-0.2, -0.15) is 0 Å². The van der Waals surface area contributed by atoms with E-state index in [1.165, 1.54) is 0 Å². The minimum atomic E-state index is -1.52. The number of carboxylic acid groups (broad SMARTS) is 2. The van der Waals surface area contributed by atoms with Crippen molar-refractivity contribution in [3.63, 3.8) is 0 Å². The maximum absolute atomic E-state index is 13.6. The number of carboxylic acids is 2. The molecule has 1 fully saturated rings. The molecule has 0 spiro atoms. The zero-order valence-electron chi connectivity index (χ0n) is 25.5. The minimum Gasteiger partial charge on any atom is -0.481 e. The van der Waals surface area contributed by atoms with Crippen molar-refractivity contribution in [3.8, 4) is 0 Å². The van der Waals surface area contributed by atoms with Crippen LogP contribution in [0.4, 0.5) is 0 Å². The number of amides is 5. The predicted molar refractivity (Wildman–Crippen MR) is 161 cm³/mol. The van der Waals surface area contributed by atoms with Gasteiger partial charge in [0.05, 0.1) is 6.04 Å². The highest BCUT2D eigenvalue weighted by atomic mass is 16.4. The van der Waals surface area contributed by atoms with E-state index >= 15 is 0 Å². The number of benzene rings is 1. The second kappa shape index (κ2) is 18.3. The molecule has 0 saturated carbocycles. The van der Waals surface area contributed by atoms with Crippen LogP contribution in [0, 0.1) is 5.92 Å². The second-order valence-corrected chi connectivity index (χ2v) is 11.5. The number of carbonyl (C=O) groups is 7. The molecule has 2 rings (SSSR count). The topological polar surface area (TPSA) is 246 Å². The number of rotatable bonds is 19. The van der Waals surface area contributed by atoms with Gasteiger partial charge in [0.1, 0.15) is 24.2 Å². The van der Waals surface area contributed by atoms with Crippen LogP contribution in [0.25, 0.3) is 0 Å². The number of hydrogen-bond donors (Lipinski definition) is 8. The Labute approximate surface area is 261 Å². The summed E-state index contributed by atoms with van der Waals surface area (Å²) in [6, 6.07) is 3.07. The molecule has 1 heterocycles. The fraction of sp³-hybridized carbons (Fsp3) is 0.567. The Balaban J connectivity index is 2.29. The molecular formula is C30H44N6O9. The Morgan fingerprint density at radius 1 is 0.822 bits per heavy atom. The molecule has 248 valence electrons. The first kappa shape index (κ1) is 36.7. The van der Waals surface area contributed by atoms with Gasteiger partial charge in [-0.3, -0.25) is 28.8 Å². The van der Waals surface area contributed by atoms with E-state index in [1.807, 2.05) is 13.8 Å². The molecule has 1 saturated heterocycles. The minimum absolute atomic E-state index is 0.00539. The SMILES string of the molecule is CC(C)C[C@H](NC(=O)[C@@H]1CCCN1)C(=O)N[C@@H](Cc1ccccc1)C(=O)N[C@@H](CCC(=O)O)C(=O)N[C@@H](CCC(N)=O)C(=O)O. The van der Waals surface area contributed by atoms with E-state index in [9.17, 15) is 43.8 Å². The third-order valence-corrected chi connectivity index (χ3v) is 7.21. The highest BCUT2D eigenvalue weighted by molar-refractivity contribution is 5.95. The van der Waals surface area contributed by atoms with Crippen LogP contribution < -0.4 is 32.3 Å². The molecule has 1 aromatic rings. The monoisotopic (exact) mass is 632 g/mol. The number of nitrogens with two attached hydrogens (primary N) is 1. The predicted octanol–water partition coefficient (Wildman–Crippen LogP) is -0.819. The van der Waals surface area contributed by atoms with Gasteiger partial charge in [0.15, 0.2) is 0 Å². The lowest BCUT2D eigenvalue weighted by Crippen LogP contribution is -2.59. The lowest BCUT2D eigenvalue weighted by Gasteiger charge is -2.27. The van der Waals surface area contributed by atoms with Crippen molar-refractivity contribution in [2.45, 2.75) is 95.4 Å². The summed E-state index contributed by atoms with van der Waals surface area (Å²) < 4.78 is 0. The maximum Gasteiger partial charge on any atom is 0.326 e. The van der Waals surface area contributed by atoms with Gasteiger partial charge in [-0.1, -0.05) is 44.2 Å². The summed E-state index contributed by atoms with van der Waals surface area (Å²) in [6.07, 6.45) is 0.164. The number of aliphatic carboxylic acids is 2. The first-order valence-electron chi connectivity index (χ1n) is 15.0. The molecule has 45 heavy (non-hydrogen) atoms. The number of primary amides is 1. The Morgan fingerprint density at radius 2 is 1.40 bits per heavy atom. The van der Waals surface area contributed by atoms with Crippen LogP contribution in [0.5, 0.6) is 0 Å². The van der Waals surface area contributed by atoms with E-state index in [1.54, 1.807) is 30.3 Å². The molecule has 0 radical (unpaired) electrons. The largest absolute Gasteiger partial charge is 0.481 e. The summed E-state index contributed by atoms with van der Waals surface area (Å²) in [6.45, 7) is 4.45.